The summed E-state index contributed by atoms with van der Waals surface area (Å²) < 4.78 is 19.1. The molecule has 154 valence electrons. The number of likely N-dealkylation sites (tertiary alicyclic amines) is 1. The fourth-order valence-electron chi connectivity index (χ4n) is 3.53. The highest BCUT2D eigenvalue weighted by Crippen LogP contribution is 2.30. The van der Waals surface area contributed by atoms with E-state index in [4.69, 9.17) is 16.3 Å². The molecule has 1 heterocycles. The van der Waals surface area contributed by atoms with Gasteiger partial charge in [0.15, 0.2) is 0 Å². The molecule has 1 unspecified atom stereocenters. The summed E-state index contributed by atoms with van der Waals surface area (Å²) in [5.41, 5.74) is 2.28. The number of ether oxygens (including phenoxy) is 1. The largest absolute Gasteiger partial charge is 0.487 e. The summed E-state index contributed by atoms with van der Waals surface area (Å²) in [4.78, 5) is 14.6. The summed E-state index contributed by atoms with van der Waals surface area (Å²) in [5, 5.41) is 3.30. The zero-order valence-corrected chi connectivity index (χ0v) is 17.1. The molecule has 0 bridgehead atoms. The van der Waals surface area contributed by atoms with Crippen molar-refractivity contribution in [3.63, 3.8) is 0 Å². The summed E-state index contributed by atoms with van der Waals surface area (Å²) in [6, 6.07) is 20.9. The van der Waals surface area contributed by atoms with Crippen molar-refractivity contribution in [2.24, 2.45) is 0 Å². The molecule has 3 aromatic rings. The van der Waals surface area contributed by atoms with E-state index in [-0.39, 0.29) is 17.8 Å². The van der Waals surface area contributed by atoms with Gasteiger partial charge in [0.05, 0.1) is 5.02 Å². The minimum atomic E-state index is -0.223. The molecular formula is C24H22ClFN2O2. The summed E-state index contributed by atoms with van der Waals surface area (Å²) in [5.74, 6) is 0.190. The number of nitrogens with zero attached hydrogens (tertiary/aromatic N) is 1. The van der Waals surface area contributed by atoms with Crippen LogP contribution < -0.4 is 10.1 Å². The van der Waals surface area contributed by atoms with E-state index in [9.17, 15) is 9.18 Å². The molecule has 4 rings (SSSR count). The van der Waals surface area contributed by atoms with Crippen LogP contribution in [-0.2, 0) is 6.54 Å². The molecule has 1 aliphatic heterocycles. The first-order valence-corrected chi connectivity index (χ1v) is 10.2. The van der Waals surface area contributed by atoms with Crippen molar-refractivity contribution in [2.45, 2.75) is 19.1 Å². The Bertz CT molecular complexity index is 1010. The van der Waals surface area contributed by atoms with Crippen molar-refractivity contribution in [1.29, 1.82) is 0 Å². The smallest absolute Gasteiger partial charge is 0.255 e. The van der Waals surface area contributed by atoms with E-state index in [2.05, 4.69) is 10.2 Å². The first kappa shape index (κ1) is 20.4. The Morgan fingerprint density at radius 3 is 2.60 bits per heavy atom. The normalized spacial score (nSPS) is 16.4. The summed E-state index contributed by atoms with van der Waals surface area (Å²) in [6.45, 7) is 2.45. The summed E-state index contributed by atoms with van der Waals surface area (Å²) >= 11 is 6.39. The second kappa shape index (κ2) is 9.28. The molecule has 0 aliphatic carbocycles. The molecule has 1 fully saturated rings. The lowest BCUT2D eigenvalue weighted by molar-refractivity contribution is 0.102. The van der Waals surface area contributed by atoms with Gasteiger partial charge >= 0.3 is 0 Å². The lowest BCUT2D eigenvalue weighted by atomic mass is 10.2. The Kier molecular flexibility index (Phi) is 6.31. The van der Waals surface area contributed by atoms with Crippen molar-refractivity contribution >= 4 is 23.2 Å². The quantitative estimate of drug-likeness (QED) is 0.577. The SMILES string of the molecule is O=C(Nc1ccc(OC2CCN(Cc3ccc(F)cc3)C2)c(Cl)c1)c1ccccc1. The molecule has 1 saturated heterocycles. The lowest BCUT2D eigenvalue weighted by Gasteiger charge is -2.18. The number of halogens is 2. The third kappa shape index (κ3) is 5.17. The topological polar surface area (TPSA) is 41.6 Å². The third-order valence-corrected chi connectivity index (χ3v) is 5.36. The van der Waals surface area contributed by atoms with Crippen LogP contribution in [-0.4, -0.2) is 30.0 Å². The minimum Gasteiger partial charge on any atom is -0.487 e. The first-order chi connectivity index (χ1) is 14.6. The third-order valence-electron chi connectivity index (χ3n) is 5.07. The fourth-order valence-corrected chi connectivity index (χ4v) is 3.76. The Morgan fingerprint density at radius 1 is 1.10 bits per heavy atom. The van der Waals surface area contributed by atoms with E-state index in [1.165, 1.54) is 12.1 Å². The summed E-state index contributed by atoms with van der Waals surface area (Å²) in [6.07, 6.45) is 0.928. The van der Waals surface area contributed by atoms with Crippen LogP contribution in [0.15, 0.2) is 72.8 Å². The fraction of sp³-hybridized carbons (Fsp3) is 0.208. The second-order valence-electron chi connectivity index (χ2n) is 7.36. The lowest BCUT2D eigenvalue weighted by Crippen LogP contribution is -2.24. The number of nitrogens with one attached hydrogen (secondary N) is 1. The molecule has 0 radical (unpaired) electrons. The standard InChI is InChI=1S/C24H22ClFN2O2/c25-22-14-20(27-24(29)18-4-2-1-3-5-18)10-11-23(22)30-21-12-13-28(16-21)15-17-6-8-19(26)9-7-17/h1-11,14,21H,12-13,15-16H2,(H,27,29). The Morgan fingerprint density at radius 2 is 1.87 bits per heavy atom. The molecule has 6 heteroatoms. The van der Waals surface area contributed by atoms with Crippen LogP contribution in [0, 0.1) is 5.82 Å². The molecular weight excluding hydrogens is 403 g/mol. The monoisotopic (exact) mass is 424 g/mol. The van der Waals surface area contributed by atoms with Crippen LogP contribution in [0.3, 0.4) is 0 Å². The number of carbonyl (C=O) groups is 1. The van der Waals surface area contributed by atoms with Gasteiger partial charge < -0.3 is 10.1 Å². The Hall–Kier alpha value is -2.89. The first-order valence-electron chi connectivity index (χ1n) is 9.86. The van der Waals surface area contributed by atoms with Gasteiger partial charge in [-0.1, -0.05) is 41.9 Å². The number of carbonyl (C=O) groups excluding carboxylic acids is 1. The average molecular weight is 425 g/mol. The van der Waals surface area contributed by atoms with Gasteiger partial charge in [0, 0.05) is 30.9 Å². The van der Waals surface area contributed by atoms with Crippen LogP contribution in [0.4, 0.5) is 10.1 Å². The van der Waals surface area contributed by atoms with Gasteiger partial charge in [-0.25, -0.2) is 4.39 Å². The zero-order valence-electron chi connectivity index (χ0n) is 16.4. The maximum Gasteiger partial charge on any atom is 0.255 e. The van der Waals surface area contributed by atoms with E-state index >= 15 is 0 Å². The number of hydrogen-bond donors (Lipinski definition) is 1. The zero-order chi connectivity index (χ0) is 20.9. The van der Waals surface area contributed by atoms with E-state index < -0.39 is 0 Å². The summed E-state index contributed by atoms with van der Waals surface area (Å²) in [7, 11) is 0. The van der Waals surface area contributed by atoms with Crippen LogP contribution >= 0.6 is 11.6 Å². The predicted octanol–water partition coefficient (Wildman–Crippen LogP) is 5.38. The predicted molar refractivity (Wildman–Crippen MR) is 117 cm³/mol. The van der Waals surface area contributed by atoms with Gasteiger partial charge in [-0.3, -0.25) is 9.69 Å². The van der Waals surface area contributed by atoms with Crippen molar-refractivity contribution in [1.82, 2.24) is 4.90 Å². The number of anilines is 1. The molecule has 0 aromatic heterocycles. The van der Waals surface area contributed by atoms with Crippen molar-refractivity contribution in [3.8, 4) is 5.75 Å². The van der Waals surface area contributed by atoms with Crippen LogP contribution in [0.25, 0.3) is 0 Å². The van der Waals surface area contributed by atoms with Crippen molar-refractivity contribution < 1.29 is 13.9 Å². The molecule has 4 nitrogen and oxygen atoms in total. The highest BCUT2D eigenvalue weighted by molar-refractivity contribution is 6.32. The van der Waals surface area contributed by atoms with Crippen LogP contribution in [0.1, 0.15) is 22.3 Å². The number of amides is 1. The van der Waals surface area contributed by atoms with Gasteiger partial charge in [0.25, 0.3) is 5.91 Å². The maximum absolute atomic E-state index is 13.1. The van der Waals surface area contributed by atoms with E-state index in [0.29, 0.717) is 22.0 Å². The molecule has 3 aromatic carbocycles. The van der Waals surface area contributed by atoms with Gasteiger partial charge in [-0.15, -0.1) is 0 Å². The second-order valence-corrected chi connectivity index (χ2v) is 7.76. The Balaban J connectivity index is 1.33. The minimum absolute atomic E-state index is 0.0349. The van der Waals surface area contributed by atoms with Gasteiger partial charge in [-0.2, -0.15) is 0 Å². The van der Waals surface area contributed by atoms with Gasteiger partial charge in [0.1, 0.15) is 17.7 Å². The van der Waals surface area contributed by atoms with E-state index in [1.807, 2.05) is 30.3 Å². The van der Waals surface area contributed by atoms with Crippen LogP contribution in [0.2, 0.25) is 5.02 Å². The highest BCUT2D eigenvalue weighted by atomic mass is 35.5. The molecule has 1 amide bonds. The number of benzene rings is 3. The number of rotatable bonds is 6. The molecule has 0 spiro atoms. The molecule has 30 heavy (non-hydrogen) atoms. The number of hydrogen-bond acceptors (Lipinski definition) is 3. The van der Waals surface area contributed by atoms with Gasteiger partial charge in [-0.05, 0) is 54.4 Å². The highest BCUT2D eigenvalue weighted by Gasteiger charge is 2.24. The average Bonchev–Trinajstić information content (AvgIpc) is 3.19. The van der Waals surface area contributed by atoms with E-state index in [1.54, 1.807) is 30.3 Å². The van der Waals surface area contributed by atoms with Crippen LogP contribution in [0.5, 0.6) is 5.75 Å². The van der Waals surface area contributed by atoms with Crippen molar-refractivity contribution in [3.05, 3.63) is 94.8 Å². The molecule has 1 N–H and O–H groups in total. The Labute approximate surface area is 180 Å². The maximum atomic E-state index is 13.1. The molecule has 1 aliphatic rings. The van der Waals surface area contributed by atoms with E-state index in [0.717, 1.165) is 31.6 Å². The molecule has 1 atom stereocenters. The van der Waals surface area contributed by atoms with Crippen molar-refractivity contribution in [2.75, 3.05) is 18.4 Å². The molecule has 0 saturated carbocycles. The van der Waals surface area contributed by atoms with Gasteiger partial charge in [0.2, 0.25) is 0 Å².